The third-order valence-electron chi connectivity index (χ3n) is 5.22. The number of aromatic nitrogens is 2. The molecule has 4 nitrogen and oxygen atoms in total. The van der Waals surface area contributed by atoms with Crippen LogP contribution >= 0.6 is 11.8 Å². The number of amides is 1. The molecule has 0 aliphatic carbocycles. The topological polar surface area (TPSA) is 46.1 Å². The molecule has 5 heteroatoms. The molecule has 0 spiro atoms. The molecule has 0 radical (unpaired) electrons. The summed E-state index contributed by atoms with van der Waals surface area (Å²) in [5, 5.41) is 11.8. The molecule has 29 heavy (non-hydrogen) atoms. The van der Waals surface area contributed by atoms with Gasteiger partial charge in [0.1, 0.15) is 10.7 Å². The Balaban J connectivity index is 1.41. The minimum atomic E-state index is 0.109. The molecule has 4 aromatic rings. The van der Waals surface area contributed by atoms with Crippen molar-refractivity contribution in [1.29, 1.82) is 0 Å². The first-order valence-electron chi connectivity index (χ1n) is 9.63. The minimum Gasteiger partial charge on any atom is -0.311 e. The Morgan fingerprint density at radius 1 is 0.862 bits per heavy atom. The van der Waals surface area contributed by atoms with Gasteiger partial charge < -0.3 is 4.90 Å². The van der Waals surface area contributed by atoms with Crippen LogP contribution in [0.25, 0.3) is 22.0 Å². The highest BCUT2D eigenvalue weighted by atomic mass is 32.2. The van der Waals surface area contributed by atoms with Crippen LogP contribution in [0.5, 0.6) is 0 Å². The summed E-state index contributed by atoms with van der Waals surface area (Å²) in [6.45, 7) is 0.748. The van der Waals surface area contributed by atoms with E-state index in [1.807, 2.05) is 65.6 Å². The fraction of sp³-hybridized carbons (Fsp3) is 0.125. The van der Waals surface area contributed by atoms with E-state index >= 15 is 0 Å². The number of anilines is 1. The number of hydrogen-bond donors (Lipinski definition) is 0. The van der Waals surface area contributed by atoms with Crippen molar-refractivity contribution in [3.8, 4) is 11.3 Å². The number of thioether (sulfide) groups is 1. The zero-order valence-electron chi connectivity index (χ0n) is 15.8. The Kier molecular flexibility index (Phi) is 4.74. The molecule has 0 atom stereocenters. The number of hydrogen-bond acceptors (Lipinski definition) is 4. The van der Waals surface area contributed by atoms with Crippen LogP contribution in [0, 0.1) is 0 Å². The largest absolute Gasteiger partial charge is 0.311 e. The molecule has 0 saturated heterocycles. The quantitative estimate of drug-likeness (QED) is 0.456. The molecule has 0 unspecified atom stereocenters. The van der Waals surface area contributed by atoms with Gasteiger partial charge in [-0.05, 0) is 18.1 Å². The fourth-order valence-corrected chi connectivity index (χ4v) is 4.65. The predicted molar refractivity (Wildman–Crippen MR) is 118 cm³/mol. The summed E-state index contributed by atoms with van der Waals surface area (Å²) in [6, 6.07) is 26.3. The van der Waals surface area contributed by atoms with Crippen LogP contribution in [0.4, 0.5) is 5.69 Å². The minimum absolute atomic E-state index is 0.109. The third kappa shape index (κ3) is 3.38. The van der Waals surface area contributed by atoms with E-state index in [0.29, 0.717) is 5.75 Å². The van der Waals surface area contributed by atoms with Crippen LogP contribution in [0.3, 0.4) is 0 Å². The van der Waals surface area contributed by atoms with E-state index in [4.69, 9.17) is 0 Å². The van der Waals surface area contributed by atoms with Crippen molar-refractivity contribution in [2.45, 2.75) is 11.4 Å². The Hall–Kier alpha value is -3.18. The van der Waals surface area contributed by atoms with E-state index < -0.39 is 0 Å². The number of carbonyl (C=O) groups excluding carboxylic acids is 1. The smallest absolute Gasteiger partial charge is 0.237 e. The van der Waals surface area contributed by atoms with Gasteiger partial charge in [-0.15, -0.1) is 10.2 Å². The lowest BCUT2D eigenvalue weighted by Crippen LogP contribution is -2.30. The maximum atomic E-state index is 12.9. The van der Waals surface area contributed by atoms with Crippen LogP contribution in [-0.2, 0) is 11.2 Å². The lowest BCUT2D eigenvalue weighted by Gasteiger charge is -2.17. The number of rotatable bonds is 4. The predicted octanol–water partition coefficient (Wildman–Crippen LogP) is 4.98. The molecule has 142 valence electrons. The summed E-state index contributed by atoms with van der Waals surface area (Å²) in [7, 11) is 0. The molecule has 0 fully saturated rings. The van der Waals surface area contributed by atoms with Crippen molar-refractivity contribution in [1.82, 2.24) is 10.2 Å². The molecule has 1 aromatic heterocycles. The Bertz CT molecular complexity index is 1190. The van der Waals surface area contributed by atoms with Crippen molar-refractivity contribution < 1.29 is 4.79 Å². The Morgan fingerprint density at radius 2 is 1.59 bits per heavy atom. The van der Waals surface area contributed by atoms with Crippen LogP contribution in [0.2, 0.25) is 0 Å². The molecule has 5 rings (SSSR count). The molecule has 1 aliphatic rings. The summed E-state index contributed by atoms with van der Waals surface area (Å²) >= 11 is 1.46. The first kappa shape index (κ1) is 17.9. The fourth-order valence-electron chi connectivity index (χ4n) is 3.80. The molecule has 2 heterocycles. The third-order valence-corrected chi connectivity index (χ3v) is 6.19. The number of para-hydroxylation sites is 1. The summed E-state index contributed by atoms with van der Waals surface area (Å²) in [5.74, 6) is 0.454. The first-order valence-corrected chi connectivity index (χ1v) is 10.6. The van der Waals surface area contributed by atoms with Gasteiger partial charge in [0.2, 0.25) is 5.91 Å². The van der Waals surface area contributed by atoms with Gasteiger partial charge in [-0.2, -0.15) is 0 Å². The molecule has 1 aliphatic heterocycles. The Morgan fingerprint density at radius 3 is 2.45 bits per heavy atom. The second kappa shape index (κ2) is 7.68. The van der Waals surface area contributed by atoms with Crippen LogP contribution < -0.4 is 4.90 Å². The van der Waals surface area contributed by atoms with E-state index in [2.05, 4.69) is 28.4 Å². The van der Waals surface area contributed by atoms with Gasteiger partial charge in [0.25, 0.3) is 0 Å². The number of carbonyl (C=O) groups is 1. The van der Waals surface area contributed by atoms with Crippen LogP contribution in [0.15, 0.2) is 83.9 Å². The second-order valence-corrected chi connectivity index (χ2v) is 7.94. The average molecular weight is 398 g/mol. The van der Waals surface area contributed by atoms with Crippen molar-refractivity contribution in [3.05, 3.63) is 84.4 Å². The van der Waals surface area contributed by atoms with Gasteiger partial charge >= 0.3 is 0 Å². The van der Waals surface area contributed by atoms with E-state index in [1.54, 1.807) is 0 Å². The molecular weight excluding hydrogens is 378 g/mol. The van der Waals surface area contributed by atoms with Crippen LogP contribution in [-0.4, -0.2) is 28.4 Å². The molecule has 0 bridgehead atoms. The highest BCUT2D eigenvalue weighted by Crippen LogP contribution is 2.33. The maximum Gasteiger partial charge on any atom is 0.237 e. The highest BCUT2D eigenvalue weighted by Gasteiger charge is 2.24. The summed E-state index contributed by atoms with van der Waals surface area (Å²) in [5.41, 5.74) is 4.18. The summed E-state index contributed by atoms with van der Waals surface area (Å²) < 4.78 is 0. The molecular formula is C24H19N3OS. The van der Waals surface area contributed by atoms with Gasteiger partial charge in [0, 0.05) is 28.6 Å². The highest BCUT2D eigenvalue weighted by molar-refractivity contribution is 8.00. The van der Waals surface area contributed by atoms with Gasteiger partial charge in [0.05, 0.1) is 5.75 Å². The van der Waals surface area contributed by atoms with Crippen LogP contribution in [0.1, 0.15) is 5.56 Å². The lowest BCUT2D eigenvalue weighted by molar-refractivity contribution is -0.116. The lowest BCUT2D eigenvalue weighted by atomic mass is 10.1. The van der Waals surface area contributed by atoms with Crippen molar-refractivity contribution >= 4 is 34.1 Å². The molecule has 1 amide bonds. The molecule has 0 saturated carbocycles. The average Bonchev–Trinajstić information content (AvgIpc) is 3.22. The first-order chi connectivity index (χ1) is 14.3. The van der Waals surface area contributed by atoms with Gasteiger partial charge in [0.15, 0.2) is 0 Å². The Labute approximate surface area is 173 Å². The van der Waals surface area contributed by atoms with E-state index in [0.717, 1.165) is 45.7 Å². The van der Waals surface area contributed by atoms with Gasteiger partial charge in [-0.1, -0.05) is 84.6 Å². The number of fused-ring (bicyclic) bond motifs is 2. The standard InChI is InChI=1S/C24H19N3OS/c28-22(27-15-14-17-8-4-7-13-21(17)27)16-29-24-20-12-6-5-11-19(20)23(25-26-24)18-9-2-1-3-10-18/h1-13H,14-16H2. The van der Waals surface area contributed by atoms with Gasteiger partial charge in [-0.25, -0.2) is 0 Å². The summed E-state index contributed by atoms with van der Waals surface area (Å²) in [6.07, 6.45) is 0.918. The molecule has 3 aromatic carbocycles. The van der Waals surface area contributed by atoms with E-state index in [9.17, 15) is 4.79 Å². The van der Waals surface area contributed by atoms with Crippen molar-refractivity contribution in [2.24, 2.45) is 0 Å². The van der Waals surface area contributed by atoms with Gasteiger partial charge in [-0.3, -0.25) is 4.79 Å². The van der Waals surface area contributed by atoms with E-state index in [1.165, 1.54) is 17.3 Å². The van der Waals surface area contributed by atoms with E-state index in [-0.39, 0.29) is 5.91 Å². The zero-order chi connectivity index (χ0) is 19.6. The molecule has 0 N–H and O–H groups in total. The maximum absolute atomic E-state index is 12.9. The zero-order valence-corrected chi connectivity index (χ0v) is 16.6. The normalized spacial score (nSPS) is 12.9. The number of nitrogens with zero attached hydrogens (tertiary/aromatic N) is 3. The monoisotopic (exact) mass is 397 g/mol. The SMILES string of the molecule is O=C(CSc1nnc(-c2ccccc2)c2ccccc12)N1CCc2ccccc21. The summed E-state index contributed by atoms with van der Waals surface area (Å²) in [4.78, 5) is 14.7. The number of benzene rings is 3. The second-order valence-electron chi connectivity index (χ2n) is 6.98. The van der Waals surface area contributed by atoms with Crippen molar-refractivity contribution in [2.75, 3.05) is 17.2 Å². The van der Waals surface area contributed by atoms with Crippen molar-refractivity contribution in [3.63, 3.8) is 0 Å².